The number of hydrogen-bond acceptors (Lipinski definition) is 3. The lowest BCUT2D eigenvalue weighted by atomic mass is 10.1. The number of nitrogens with one attached hydrogen (secondary N) is 1. The maximum atomic E-state index is 11.7. The predicted molar refractivity (Wildman–Crippen MR) is 79.0 cm³/mol. The highest BCUT2D eigenvalue weighted by Gasteiger charge is 2.10. The van der Waals surface area contributed by atoms with Crippen LogP contribution >= 0.6 is 0 Å². The van der Waals surface area contributed by atoms with Gasteiger partial charge in [0.1, 0.15) is 6.61 Å². The second-order valence-electron chi connectivity index (χ2n) is 4.55. The molecule has 2 aromatic carbocycles. The van der Waals surface area contributed by atoms with Gasteiger partial charge in [0.05, 0.1) is 6.04 Å². The fraction of sp³-hybridized carbons (Fsp3) is 0.188. The van der Waals surface area contributed by atoms with Crippen molar-refractivity contribution < 1.29 is 9.53 Å². The van der Waals surface area contributed by atoms with Crippen molar-refractivity contribution in [2.75, 3.05) is 5.73 Å². The number of carbonyl (C=O) groups excluding carboxylic acids is 1. The lowest BCUT2D eigenvalue weighted by molar-refractivity contribution is 0.136. The molecule has 0 saturated heterocycles. The predicted octanol–water partition coefficient (Wildman–Crippen LogP) is 3.26. The van der Waals surface area contributed by atoms with Crippen LogP contribution in [0, 0.1) is 0 Å². The molecule has 0 aliphatic carbocycles. The molecule has 2 rings (SSSR count). The number of amides is 1. The van der Waals surface area contributed by atoms with Crippen LogP contribution in [0.3, 0.4) is 0 Å². The molecule has 0 fully saturated rings. The Hall–Kier alpha value is -2.49. The summed E-state index contributed by atoms with van der Waals surface area (Å²) in [4.78, 5) is 11.7. The summed E-state index contributed by atoms with van der Waals surface area (Å²) in [5.41, 5.74) is 8.24. The van der Waals surface area contributed by atoms with Gasteiger partial charge in [0.25, 0.3) is 0 Å². The van der Waals surface area contributed by atoms with Crippen LogP contribution < -0.4 is 11.1 Å². The van der Waals surface area contributed by atoms with Gasteiger partial charge in [0, 0.05) is 11.3 Å². The lowest BCUT2D eigenvalue weighted by Gasteiger charge is -2.14. The van der Waals surface area contributed by atoms with Gasteiger partial charge in [-0.2, -0.15) is 0 Å². The third kappa shape index (κ3) is 3.75. The number of hydrogen-bond donors (Lipinski definition) is 2. The summed E-state index contributed by atoms with van der Waals surface area (Å²) in [7, 11) is 0. The summed E-state index contributed by atoms with van der Waals surface area (Å²) >= 11 is 0. The summed E-state index contributed by atoms with van der Waals surface area (Å²) in [6, 6.07) is 16.9. The topological polar surface area (TPSA) is 64.3 Å². The van der Waals surface area contributed by atoms with Crippen molar-refractivity contribution in [3.05, 3.63) is 65.7 Å². The Bertz CT molecular complexity index is 570. The highest BCUT2D eigenvalue weighted by Crippen LogP contribution is 2.13. The van der Waals surface area contributed by atoms with Crippen LogP contribution in [0.5, 0.6) is 0 Å². The Morgan fingerprint density at radius 2 is 1.80 bits per heavy atom. The molecule has 20 heavy (non-hydrogen) atoms. The molecule has 2 aromatic rings. The lowest BCUT2D eigenvalue weighted by Crippen LogP contribution is -2.27. The highest BCUT2D eigenvalue weighted by molar-refractivity contribution is 5.68. The van der Waals surface area contributed by atoms with Crippen LogP contribution in [0.1, 0.15) is 24.1 Å². The van der Waals surface area contributed by atoms with Crippen molar-refractivity contribution >= 4 is 11.8 Å². The number of carbonyl (C=O) groups is 1. The monoisotopic (exact) mass is 270 g/mol. The molecule has 0 saturated carbocycles. The second-order valence-corrected chi connectivity index (χ2v) is 4.55. The summed E-state index contributed by atoms with van der Waals surface area (Å²) in [5.74, 6) is 0. The normalized spacial score (nSPS) is 11.7. The third-order valence-corrected chi connectivity index (χ3v) is 3.05. The molecule has 0 bridgehead atoms. The molecule has 0 aromatic heterocycles. The maximum Gasteiger partial charge on any atom is 0.407 e. The Morgan fingerprint density at radius 1 is 1.15 bits per heavy atom. The van der Waals surface area contributed by atoms with Crippen LogP contribution in [-0.2, 0) is 11.3 Å². The van der Waals surface area contributed by atoms with E-state index in [1.807, 2.05) is 55.5 Å². The van der Waals surface area contributed by atoms with Gasteiger partial charge in [0.2, 0.25) is 0 Å². The first-order valence-corrected chi connectivity index (χ1v) is 6.48. The Kier molecular flexibility index (Phi) is 4.60. The van der Waals surface area contributed by atoms with Crippen molar-refractivity contribution in [2.45, 2.75) is 19.6 Å². The minimum atomic E-state index is -0.454. The van der Waals surface area contributed by atoms with E-state index in [0.717, 1.165) is 11.1 Å². The molecule has 1 amide bonds. The van der Waals surface area contributed by atoms with Gasteiger partial charge < -0.3 is 15.8 Å². The maximum absolute atomic E-state index is 11.7. The Balaban J connectivity index is 1.86. The van der Waals surface area contributed by atoms with Crippen molar-refractivity contribution in [1.82, 2.24) is 5.32 Å². The smallest absolute Gasteiger partial charge is 0.407 e. The highest BCUT2D eigenvalue weighted by atomic mass is 16.5. The number of rotatable bonds is 4. The summed E-state index contributed by atoms with van der Waals surface area (Å²) in [6.07, 6.45) is -0.454. The number of nitrogens with two attached hydrogens (primary N) is 1. The molecule has 0 radical (unpaired) electrons. The molecule has 4 heteroatoms. The zero-order valence-corrected chi connectivity index (χ0v) is 11.4. The van der Waals surface area contributed by atoms with Crippen molar-refractivity contribution in [3.8, 4) is 0 Å². The molecule has 0 spiro atoms. The molecule has 0 heterocycles. The fourth-order valence-electron chi connectivity index (χ4n) is 1.85. The van der Waals surface area contributed by atoms with E-state index in [-0.39, 0.29) is 12.6 Å². The average Bonchev–Trinajstić information content (AvgIpc) is 2.47. The number of benzene rings is 2. The van der Waals surface area contributed by atoms with Crippen LogP contribution in [0.2, 0.25) is 0 Å². The minimum absolute atomic E-state index is 0.100. The second kappa shape index (κ2) is 6.61. The van der Waals surface area contributed by atoms with E-state index in [0.29, 0.717) is 5.69 Å². The quantitative estimate of drug-likeness (QED) is 0.838. The van der Waals surface area contributed by atoms with E-state index in [1.165, 1.54) is 0 Å². The largest absolute Gasteiger partial charge is 0.445 e. The minimum Gasteiger partial charge on any atom is -0.445 e. The van der Waals surface area contributed by atoms with Gasteiger partial charge in [-0.15, -0.1) is 0 Å². The van der Waals surface area contributed by atoms with Gasteiger partial charge in [-0.3, -0.25) is 0 Å². The fourth-order valence-corrected chi connectivity index (χ4v) is 1.85. The summed E-state index contributed by atoms with van der Waals surface area (Å²) < 4.78 is 5.17. The van der Waals surface area contributed by atoms with Crippen molar-refractivity contribution in [3.63, 3.8) is 0 Å². The van der Waals surface area contributed by atoms with Crippen molar-refractivity contribution in [2.24, 2.45) is 0 Å². The Morgan fingerprint density at radius 3 is 2.50 bits per heavy atom. The molecule has 0 aliphatic rings. The summed E-state index contributed by atoms with van der Waals surface area (Å²) in [5, 5.41) is 2.78. The van der Waals surface area contributed by atoms with E-state index in [4.69, 9.17) is 10.5 Å². The van der Waals surface area contributed by atoms with Gasteiger partial charge >= 0.3 is 6.09 Å². The first-order valence-electron chi connectivity index (χ1n) is 6.48. The van der Waals surface area contributed by atoms with E-state index in [1.54, 1.807) is 6.07 Å². The molecule has 1 atom stereocenters. The van der Waals surface area contributed by atoms with Crippen molar-refractivity contribution in [1.29, 1.82) is 0 Å². The molecule has 1 unspecified atom stereocenters. The zero-order valence-electron chi connectivity index (χ0n) is 11.4. The van der Waals surface area contributed by atoms with Crippen LogP contribution in [0.15, 0.2) is 54.6 Å². The molecule has 3 N–H and O–H groups in total. The first kappa shape index (κ1) is 13.9. The third-order valence-electron chi connectivity index (χ3n) is 3.05. The molecule has 4 nitrogen and oxygen atoms in total. The molecule has 0 aliphatic heterocycles. The van der Waals surface area contributed by atoms with E-state index in [2.05, 4.69) is 5.32 Å². The van der Waals surface area contributed by atoms with E-state index in [9.17, 15) is 4.79 Å². The van der Waals surface area contributed by atoms with Gasteiger partial charge in [0.15, 0.2) is 0 Å². The van der Waals surface area contributed by atoms with E-state index >= 15 is 0 Å². The zero-order chi connectivity index (χ0) is 14.4. The van der Waals surface area contributed by atoms with Gasteiger partial charge in [-0.25, -0.2) is 4.79 Å². The Labute approximate surface area is 118 Å². The number of alkyl carbamates (subject to hydrolysis) is 1. The average molecular weight is 270 g/mol. The number of ether oxygens (including phenoxy) is 1. The molecular weight excluding hydrogens is 252 g/mol. The van der Waals surface area contributed by atoms with Gasteiger partial charge in [-0.05, 0) is 18.6 Å². The standard InChI is InChI=1S/C16H18N2O2/c1-12(13-7-3-2-4-8-13)18-16(19)20-11-14-9-5-6-10-15(14)17/h2-10,12H,11,17H2,1H3,(H,18,19). The SMILES string of the molecule is CC(NC(=O)OCc1ccccc1N)c1ccccc1. The van der Waals surface area contributed by atoms with E-state index < -0.39 is 6.09 Å². The van der Waals surface area contributed by atoms with Gasteiger partial charge in [-0.1, -0.05) is 48.5 Å². The summed E-state index contributed by atoms with van der Waals surface area (Å²) in [6.45, 7) is 2.08. The molecule has 104 valence electrons. The number of para-hydroxylation sites is 1. The first-order chi connectivity index (χ1) is 9.66. The van der Waals surface area contributed by atoms with Crippen LogP contribution in [0.4, 0.5) is 10.5 Å². The number of anilines is 1. The number of nitrogen functional groups attached to an aromatic ring is 1. The molecular formula is C16H18N2O2. The van der Waals surface area contributed by atoms with Crippen LogP contribution in [0.25, 0.3) is 0 Å². The van der Waals surface area contributed by atoms with Crippen LogP contribution in [-0.4, -0.2) is 6.09 Å².